The molecule has 0 aromatic heterocycles. The zero-order chi connectivity index (χ0) is 12.7. The normalized spacial score (nSPS) is 12.4. The molecule has 94 valence electrons. The first-order valence-electron chi connectivity index (χ1n) is 6.48. The molecule has 0 aliphatic carbocycles. The van der Waals surface area contributed by atoms with Crippen LogP contribution in [-0.4, -0.2) is 0 Å². The van der Waals surface area contributed by atoms with Crippen molar-refractivity contribution in [1.82, 2.24) is 0 Å². The average molecular weight is 214 g/mol. The lowest BCUT2D eigenvalue weighted by molar-refractivity contribution is 0.320. The highest BCUT2D eigenvalue weighted by Crippen LogP contribution is 2.23. The van der Waals surface area contributed by atoms with Gasteiger partial charge >= 0.3 is 0 Å². The van der Waals surface area contributed by atoms with Crippen molar-refractivity contribution >= 4 is 0 Å². The summed E-state index contributed by atoms with van der Waals surface area (Å²) in [5.74, 6) is 0.843. The Morgan fingerprint density at radius 2 is 1.20 bits per heavy atom. The number of rotatable bonds is 2. The molecule has 0 aliphatic heterocycles. The second-order valence-electron chi connectivity index (χ2n) is 7.47. The Kier molecular flexibility index (Phi) is 8.47. The van der Waals surface area contributed by atoms with Gasteiger partial charge in [0.2, 0.25) is 0 Å². The molecule has 0 rings (SSSR count). The molecule has 0 fully saturated rings. The van der Waals surface area contributed by atoms with Crippen molar-refractivity contribution in [2.45, 2.75) is 81.6 Å². The van der Waals surface area contributed by atoms with Gasteiger partial charge in [0, 0.05) is 0 Å². The molecule has 0 aliphatic rings. The van der Waals surface area contributed by atoms with E-state index in [-0.39, 0.29) is 0 Å². The Labute approximate surface area is 98.9 Å². The van der Waals surface area contributed by atoms with Crippen LogP contribution in [0.4, 0.5) is 0 Å². The minimum Gasteiger partial charge on any atom is -0.0654 e. The molecule has 0 bridgehead atoms. The summed E-state index contributed by atoms with van der Waals surface area (Å²) in [5.41, 5.74) is 1.07. The van der Waals surface area contributed by atoms with Gasteiger partial charge in [-0.2, -0.15) is 0 Å². The SMILES string of the molecule is CC(C)CC(C)(C)C.CCCC(C)(C)C. The Balaban J connectivity index is 0. The summed E-state index contributed by atoms with van der Waals surface area (Å²) in [6.45, 7) is 20.4. The molecule has 0 spiro atoms. The summed E-state index contributed by atoms with van der Waals surface area (Å²) >= 11 is 0. The molecular weight excluding hydrogens is 180 g/mol. The molecule has 0 aromatic rings. The Morgan fingerprint density at radius 1 is 0.800 bits per heavy atom. The van der Waals surface area contributed by atoms with Gasteiger partial charge in [0.1, 0.15) is 0 Å². The predicted molar refractivity (Wildman–Crippen MR) is 73.3 cm³/mol. The first kappa shape index (κ1) is 17.4. The summed E-state index contributed by atoms with van der Waals surface area (Å²) in [6, 6.07) is 0. The van der Waals surface area contributed by atoms with Crippen LogP contribution in [0.5, 0.6) is 0 Å². The summed E-state index contributed by atoms with van der Waals surface area (Å²) in [6.07, 6.45) is 3.98. The second-order valence-corrected chi connectivity index (χ2v) is 7.47. The molecule has 0 nitrogen and oxygen atoms in total. The first-order valence-corrected chi connectivity index (χ1v) is 6.48. The monoisotopic (exact) mass is 214 g/mol. The van der Waals surface area contributed by atoms with Crippen LogP contribution < -0.4 is 0 Å². The highest BCUT2D eigenvalue weighted by molar-refractivity contribution is 4.62. The zero-order valence-electron chi connectivity index (χ0n) is 12.7. The fourth-order valence-corrected chi connectivity index (χ4v) is 1.97. The average Bonchev–Trinajstić information content (AvgIpc) is 1.77. The van der Waals surface area contributed by atoms with E-state index in [1.165, 1.54) is 19.3 Å². The van der Waals surface area contributed by atoms with Crippen molar-refractivity contribution in [2.24, 2.45) is 16.7 Å². The van der Waals surface area contributed by atoms with E-state index in [1.54, 1.807) is 0 Å². The topological polar surface area (TPSA) is 0 Å². The van der Waals surface area contributed by atoms with Crippen LogP contribution in [0.15, 0.2) is 0 Å². The summed E-state index contributed by atoms with van der Waals surface area (Å²) in [5, 5.41) is 0. The molecule has 15 heavy (non-hydrogen) atoms. The maximum atomic E-state index is 2.28. The minimum atomic E-state index is 0.522. The fraction of sp³-hybridized carbons (Fsp3) is 1.00. The fourth-order valence-electron chi connectivity index (χ4n) is 1.97. The molecule has 0 atom stereocenters. The van der Waals surface area contributed by atoms with Gasteiger partial charge < -0.3 is 0 Å². The van der Waals surface area contributed by atoms with Crippen LogP contribution in [-0.2, 0) is 0 Å². The number of hydrogen-bond donors (Lipinski definition) is 0. The molecule has 0 N–H and O–H groups in total. The standard InChI is InChI=1S/C8H18.C7H16/c1-7(2)6-8(3,4)5;1-5-6-7(2,3)4/h7H,6H2,1-5H3;5-6H2,1-4H3. The van der Waals surface area contributed by atoms with Crippen molar-refractivity contribution in [3.05, 3.63) is 0 Å². The summed E-state index contributed by atoms with van der Waals surface area (Å²) in [7, 11) is 0. The van der Waals surface area contributed by atoms with E-state index in [9.17, 15) is 0 Å². The second kappa shape index (κ2) is 7.30. The molecule has 0 radical (unpaired) electrons. The third kappa shape index (κ3) is 24.9. The van der Waals surface area contributed by atoms with E-state index in [0.29, 0.717) is 10.8 Å². The van der Waals surface area contributed by atoms with Crippen LogP contribution in [0.25, 0.3) is 0 Å². The lowest BCUT2D eigenvalue weighted by Crippen LogP contribution is -2.08. The maximum absolute atomic E-state index is 2.28. The quantitative estimate of drug-likeness (QED) is 0.536. The van der Waals surface area contributed by atoms with Crippen molar-refractivity contribution in [3.63, 3.8) is 0 Å². The van der Waals surface area contributed by atoms with Gasteiger partial charge in [0.25, 0.3) is 0 Å². The van der Waals surface area contributed by atoms with Gasteiger partial charge in [-0.25, -0.2) is 0 Å². The molecule has 0 unspecified atom stereocenters. The van der Waals surface area contributed by atoms with Gasteiger partial charge in [-0.3, -0.25) is 0 Å². The zero-order valence-corrected chi connectivity index (χ0v) is 12.7. The van der Waals surface area contributed by atoms with Crippen molar-refractivity contribution in [2.75, 3.05) is 0 Å². The van der Waals surface area contributed by atoms with E-state index >= 15 is 0 Å². The van der Waals surface area contributed by atoms with Gasteiger partial charge in [-0.15, -0.1) is 0 Å². The van der Waals surface area contributed by atoms with Crippen LogP contribution in [0.1, 0.15) is 81.6 Å². The maximum Gasteiger partial charge on any atom is -0.0380 e. The van der Waals surface area contributed by atoms with Crippen molar-refractivity contribution in [3.8, 4) is 0 Å². The largest absolute Gasteiger partial charge is 0.0654 e. The summed E-state index contributed by atoms with van der Waals surface area (Å²) in [4.78, 5) is 0. The predicted octanol–water partition coefficient (Wildman–Crippen LogP) is 5.91. The van der Waals surface area contributed by atoms with Crippen LogP contribution in [0.2, 0.25) is 0 Å². The molecule has 0 saturated carbocycles. The highest BCUT2D eigenvalue weighted by atomic mass is 14.2. The number of hydrogen-bond acceptors (Lipinski definition) is 0. The van der Waals surface area contributed by atoms with E-state index in [2.05, 4.69) is 62.3 Å². The van der Waals surface area contributed by atoms with Crippen LogP contribution in [0.3, 0.4) is 0 Å². The Morgan fingerprint density at radius 3 is 1.20 bits per heavy atom. The van der Waals surface area contributed by atoms with Gasteiger partial charge in [-0.1, -0.05) is 68.7 Å². The van der Waals surface area contributed by atoms with Gasteiger partial charge in [-0.05, 0) is 29.6 Å². The van der Waals surface area contributed by atoms with E-state index in [4.69, 9.17) is 0 Å². The lowest BCUT2D eigenvalue weighted by Gasteiger charge is -2.19. The van der Waals surface area contributed by atoms with Crippen LogP contribution in [0, 0.1) is 16.7 Å². The molecule has 0 heterocycles. The summed E-state index contributed by atoms with van der Waals surface area (Å²) < 4.78 is 0. The molecule has 0 amide bonds. The van der Waals surface area contributed by atoms with E-state index in [0.717, 1.165) is 5.92 Å². The molecular formula is C15H34. The highest BCUT2D eigenvalue weighted by Gasteiger charge is 2.11. The van der Waals surface area contributed by atoms with Crippen molar-refractivity contribution in [1.29, 1.82) is 0 Å². The molecule has 0 aromatic carbocycles. The van der Waals surface area contributed by atoms with Gasteiger partial charge in [0.05, 0.1) is 0 Å². The van der Waals surface area contributed by atoms with Crippen molar-refractivity contribution < 1.29 is 0 Å². The Hall–Kier alpha value is 0. The lowest BCUT2D eigenvalue weighted by atomic mass is 9.86. The Bertz CT molecular complexity index is 129. The smallest absolute Gasteiger partial charge is 0.0380 e. The van der Waals surface area contributed by atoms with E-state index < -0.39 is 0 Å². The molecule has 0 heteroatoms. The minimum absolute atomic E-state index is 0.522. The molecule has 0 saturated heterocycles. The van der Waals surface area contributed by atoms with E-state index in [1.807, 2.05) is 0 Å². The first-order chi connectivity index (χ1) is 6.48. The van der Waals surface area contributed by atoms with Crippen LogP contribution >= 0.6 is 0 Å². The third-order valence-corrected chi connectivity index (χ3v) is 2.02. The third-order valence-electron chi connectivity index (χ3n) is 2.02. The van der Waals surface area contributed by atoms with Gasteiger partial charge in [0.15, 0.2) is 0 Å².